The van der Waals surface area contributed by atoms with Crippen LogP contribution in [-0.2, 0) is 10.2 Å². The number of carbonyl (C=O) groups is 1. The molecular formula is C20H24FN3O. The number of carbonyl (C=O) groups excluding carboxylic acids is 1. The van der Waals surface area contributed by atoms with Gasteiger partial charge in [-0.15, -0.1) is 0 Å². The van der Waals surface area contributed by atoms with Gasteiger partial charge >= 0.3 is 0 Å². The van der Waals surface area contributed by atoms with Gasteiger partial charge in [-0.1, -0.05) is 26.0 Å². The topological polar surface area (TPSA) is 45.2 Å². The van der Waals surface area contributed by atoms with Crippen LogP contribution in [0.15, 0.2) is 48.8 Å². The van der Waals surface area contributed by atoms with Crippen LogP contribution in [-0.4, -0.2) is 35.4 Å². The first kappa shape index (κ1) is 17.5. The van der Waals surface area contributed by atoms with Crippen molar-refractivity contribution in [2.75, 3.05) is 19.6 Å². The lowest BCUT2D eigenvalue weighted by atomic mass is 9.81. The molecular weight excluding hydrogens is 317 g/mol. The number of amides is 1. The highest BCUT2D eigenvalue weighted by atomic mass is 19.1. The van der Waals surface area contributed by atoms with E-state index < -0.39 is 0 Å². The van der Waals surface area contributed by atoms with E-state index in [2.05, 4.69) is 10.3 Å². The third kappa shape index (κ3) is 4.04. The molecule has 1 N–H and O–H groups in total. The summed E-state index contributed by atoms with van der Waals surface area (Å²) in [6.45, 7) is 6.28. The number of piperazine rings is 1. The van der Waals surface area contributed by atoms with Crippen molar-refractivity contribution in [2.45, 2.75) is 31.7 Å². The number of nitrogens with one attached hydrogen (secondary N) is 1. The van der Waals surface area contributed by atoms with Crippen molar-refractivity contribution < 1.29 is 9.18 Å². The Morgan fingerprint density at radius 2 is 1.92 bits per heavy atom. The third-order valence-corrected chi connectivity index (χ3v) is 4.87. The summed E-state index contributed by atoms with van der Waals surface area (Å²) in [5, 5.41) is 3.36. The summed E-state index contributed by atoms with van der Waals surface area (Å²) in [5.74, 6) is -0.136. The highest BCUT2D eigenvalue weighted by Crippen LogP contribution is 2.30. The van der Waals surface area contributed by atoms with Crippen LogP contribution in [0.3, 0.4) is 0 Å². The lowest BCUT2D eigenvalue weighted by molar-refractivity contribution is -0.135. The molecule has 1 unspecified atom stereocenters. The second-order valence-corrected chi connectivity index (χ2v) is 7.16. The molecule has 4 nitrogen and oxygen atoms in total. The first-order chi connectivity index (χ1) is 12.0. The second kappa shape index (κ2) is 7.31. The molecule has 1 aliphatic rings. The number of rotatable bonds is 4. The van der Waals surface area contributed by atoms with Gasteiger partial charge in [-0.25, -0.2) is 4.39 Å². The van der Waals surface area contributed by atoms with Crippen molar-refractivity contribution in [1.82, 2.24) is 15.2 Å². The maximum Gasteiger partial charge on any atom is 0.224 e. The lowest BCUT2D eigenvalue weighted by Gasteiger charge is -2.38. The standard InChI is InChI=1S/C20H24FN3O/c1-20(2,16-3-5-17(21)6-4-16)13-19(25)24-12-11-23-14-18(24)15-7-9-22-10-8-15/h3-10,18,23H,11-14H2,1-2H3. The fourth-order valence-electron chi connectivity index (χ4n) is 3.37. The monoisotopic (exact) mass is 341 g/mol. The van der Waals surface area contributed by atoms with Crippen molar-refractivity contribution in [2.24, 2.45) is 0 Å². The van der Waals surface area contributed by atoms with E-state index in [1.54, 1.807) is 24.5 Å². The summed E-state index contributed by atoms with van der Waals surface area (Å²) in [4.78, 5) is 19.1. The van der Waals surface area contributed by atoms with E-state index in [1.807, 2.05) is 30.9 Å². The van der Waals surface area contributed by atoms with Crippen LogP contribution < -0.4 is 5.32 Å². The van der Waals surface area contributed by atoms with Crippen LogP contribution in [0, 0.1) is 5.82 Å². The molecule has 3 rings (SSSR count). The van der Waals surface area contributed by atoms with Crippen LogP contribution in [0.1, 0.15) is 37.4 Å². The summed E-state index contributed by atoms with van der Waals surface area (Å²) >= 11 is 0. The van der Waals surface area contributed by atoms with Crippen molar-refractivity contribution in [3.63, 3.8) is 0 Å². The second-order valence-electron chi connectivity index (χ2n) is 7.16. The highest BCUT2D eigenvalue weighted by Gasteiger charge is 2.32. The summed E-state index contributed by atoms with van der Waals surface area (Å²) < 4.78 is 13.2. The quantitative estimate of drug-likeness (QED) is 0.930. The van der Waals surface area contributed by atoms with Gasteiger partial charge in [0.25, 0.3) is 0 Å². The minimum atomic E-state index is -0.349. The molecule has 1 aliphatic heterocycles. The van der Waals surface area contributed by atoms with Crippen LogP contribution in [0.5, 0.6) is 0 Å². The SMILES string of the molecule is CC(C)(CC(=O)N1CCNCC1c1ccncc1)c1ccc(F)cc1. The van der Waals surface area contributed by atoms with Crippen LogP contribution in [0.2, 0.25) is 0 Å². The highest BCUT2D eigenvalue weighted by molar-refractivity contribution is 5.78. The smallest absolute Gasteiger partial charge is 0.224 e. The van der Waals surface area contributed by atoms with Crippen LogP contribution >= 0.6 is 0 Å². The Hall–Kier alpha value is -2.27. The number of benzene rings is 1. The van der Waals surface area contributed by atoms with E-state index in [9.17, 15) is 9.18 Å². The van der Waals surface area contributed by atoms with Gasteiger partial charge < -0.3 is 10.2 Å². The van der Waals surface area contributed by atoms with E-state index in [0.29, 0.717) is 13.0 Å². The molecule has 2 aromatic rings. The van der Waals surface area contributed by atoms with Crippen molar-refractivity contribution in [1.29, 1.82) is 0 Å². The lowest BCUT2D eigenvalue weighted by Crippen LogP contribution is -2.49. The molecule has 2 heterocycles. The normalized spacial score (nSPS) is 18.2. The molecule has 1 saturated heterocycles. The molecule has 0 radical (unpaired) electrons. The van der Waals surface area contributed by atoms with E-state index in [1.165, 1.54) is 12.1 Å². The molecule has 1 atom stereocenters. The van der Waals surface area contributed by atoms with Gasteiger partial charge in [0.05, 0.1) is 6.04 Å². The number of halogens is 1. The first-order valence-electron chi connectivity index (χ1n) is 8.63. The van der Waals surface area contributed by atoms with Gasteiger partial charge in [0, 0.05) is 38.4 Å². The van der Waals surface area contributed by atoms with Gasteiger partial charge in [0.1, 0.15) is 5.82 Å². The van der Waals surface area contributed by atoms with Crippen molar-refractivity contribution in [3.05, 3.63) is 65.7 Å². The Bertz CT molecular complexity index is 715. The molecule has 25 heavy (non-hydrogen) atoms. The Balaban J connectivity index is 1.77. The summed E-state index contributed by atoms with van der Waals surface area (Å²) in [7, 11) is 0. The summed E-state index contributed by atoms with van der Waals surface area (Å²) in [5.41, 5.74) is 1.71. The number of hydrogen-bond donors (Lipinski definition) is 1. The maximum atomic E-state index is 13.2. The average Bonchev–Trinajstić information content (AvgIpc) is 2.62. The average molecular weight is 341 g/mol. The summed E-state index contributed by atoms with van der Waals surface area (Å²) in [6, 6.07) is 10.4. The molecule has 1 fully saturated rings. The number of aromatic nitrogens is 1. The Kier molecular flexibility index (Phi) is 5.13. The molecule has 0 saturated carbocycles. The zero-order valence-corrected chi connectivity index (χ0v) is 14.7. The first-order valence-corrected chi connectivity index (χ1v) is 8.63. The van der Waals surface area contributed by atoms with Crippen LogP contribution in [0.25, 0.3) is 0 Å². The van der Waals surface area contributed by atoms with E-state index in [0.717, 1.165) is 24.2 Å². The fourth-order valence-corrected chi connectivity index (χ4v) is 3.37. The van der Waals surface area contributed by atoms with Gasteiger partial charge in [-0.3, -0.25) is 9.78 Å². The molecule has 1 amide bonds. The Labute approximate surface area is 148 Å². The molecule has 0 aliphatic carbocycles. The maximum absolute atomic E-state index is 13.2. The summed E-state index contributed by atoms with van der Waals surface area (Å²) in [6.07, 6.45) is 3.91. The van der Waals surface area contributed by atoms with E-state index in [4.69, 9.17) is 0 Å². The van der Waals surface area contributed by atoms with Crippen LogP contribution in [0.4, 0.5) is 4.39 Å². The Morgan fingerprint density at radius 3 is 2.60 bits per heavy atom. The number of pyridine rings is 1. The van der Waals surface area contributed by atoms with Gasteiger partial charge in [0.2, 0.25) is 5.91 Å². The van der Waals surface area contributed by atoms with E-state index >= 15 is 0 Å². The molecule has 1 aromatic heterocycles. The van der Waals surface area contributed by atoms with Crippen molar-refractivity contribution in [3.8, 4) is 0 Å². The largest absolute Gasteiger partial charge is 0.333 e. The van der Waals surface area contributed by atoms with Gasteiger partial charge in [0.15, 0.2) is 0 Å². The minimum Gasteiger partial charge on any atom is -0.333 e. The molecule has 0 bridgehead atoms. The van der Waals surface area contributed by atoms with Gasteiger partial charge in [-0.05, 0) is 40.8 Å². The molecule has 132 valence electrons. The van der Waals surface area contributed by atoms with Gasteiger partial charge in [-0.2, -0.15) is 0 Å². The van der Waals surface area contributed by atoms with E-state index in [-0.39, 0.29) is 23.2 Å². The fraction of sp³-hybridized carbons (Fsp3) is 0.400. The molecule has 1 aromatic carbocycles. The zero-order valence-electron chi connectivity index (χ0n) is 14.7. The molecule has 0 spiro atoms. The third-order valence-electron chi connectivity index (χ3n) is 4.87. The Morgan fingerprint density at radius 1 is 1.24 bits per heavy atom. The zero-order chi connectivity index (χ0) is 17.9. The predicted octanol–water partition coefficient (Wildman–Crippen LogP) is 3.06. The van der Waals surface area contributed by atoms with Crippen molar-refractivity contribution >= 4 is 5.91 Å². The minimum absolute atomic E-state index is 0.0215. The molecule has 5 heteroatoms. The number of nitrogens with zero attached hydrogens (tertiary/aromatic N) is 2. The number of hydrogen-bond acceptors (Lipinski definition) is 3. The predicted molar refractivity (Wildman–Crippen MR) is 95.6 cm³/mol.